The maximum absolute atomic E-state index is 12.7. The zero-order valence-corrected chi connectivity index (χ0v) is 19.3. The highest BCUT2D eigenvalue weighted by Crippen LogP contribution is 2.51. The molecule has 1 N–H and O–H groups in total. The maximum Gasteiger partial charge on any atom is 0.309 e. The fourth-order valence-electron chi connectivity index (χ4n) is 6.27. The lowest BCUT2D eigenvalue weighted by atomic mass is 9.57. The third-order valence-corrected chi connectivity index (χ3v) is 8.13. The Hall–Kier alpha value is -1.06. The first kappa shape index (κ1) is 24.2. The number of ether oxygens (including phenoxy) is 1. The van der Waals surface area contributed by atoms with Crippen molar-refractivity contribution in [3.63, 3.8) is 0 Å². The molecule has 2 saturated carbocycles. The van der Waals surface area contributed by atoms with E-state index in [-0.39, 0.29) is 5.97 Å². The fraction of sp³-hybridized carbons (Fsp3) is 0.920. The van der Waals surface area contributed by atoms with Crippen molar-refractivity contribution in [3.05, 3.63) is 0 Å². The minimum atomic E-state index is -0.844. The molecule has 168 valence electrons. The van der Waals surface area contributed by atoms with Gasteiger partial charge in [0.25, 0.3) is 0 Å². The van der Waals surface area contributed by atoms with E-state index < -0.39 is 17.8 Å². The van der Waals surface area contributed by atoms with Crippen LogP contribution in [0.3, 0.4) is 0 Å². The molecule has 0 saturated heterocycles. The molecule has 0 aromatic carbocycles. The Bertz CT molecular complexity index is 531. The predicted molar refractivity (Wildman–Crippen MR) is 117 cm³/mol. The Morgan fingerprint density at radius 1 is 1.03 bits per heavy atom. The Kier molecular flexibility index (Phi) is 9.49. The number of hydrogen-bond donors (Lipinski definition) is 1. The first-order chi connectivity index (χ1) is 13.8. The predicted octanol–water partition coefficient (Wildman–Crippen LogP) is 6.47. The summed E-state index contributed by atoms with van der Waals surface area (Å²) >= 11 is 0. The third-order valence-electron chi connectivity index (χ3n) is 8.13. The zero-order chi connectivity index (χ0) is 21.4. The molecule has 0 aromatic heterocycles. The summed E-state index contributed by atoms with van der Waals surface area (Å²) in [6.07, 6.45) is 13.0. The van der Waals surface area contributed by atoms with Crippen molar-refractivity contribution < 1.29 is 19.4 Å². The van der Waals surface area contributed by atoms with Crippen LogP contribution in [0.15, 0.2) is 0 Å². The van der Waals surface area contributed by atoms with Crippen LogP contribution in [0.4, 0.5) is 0 Å². The van der Waals surface area contributed by atoms with Crippen molar-refractivity contribution in [2.75, 3.05) is 6.61 Å². The summed E-state index contributed by atoms with van der Waals surface area (Å²) in [4.78, 5) is 24.2. The van der Waals surface area contributed by atoms with Crippen LogP contribution in [0.25, 0.3) is 0 Å². The van der Waals surface area contributed by atoms with Gasteiger partial charge in [-0.2, -0.15) is 0 Å². The van der Waals surface area contributed by atoms with Crippen LogP contribution < -0.4 is 0 Å². The van der Waals surface area contributed by atoms with Gasteiger partial charge in [-0.15, -0.1) is 0 Å². The van der Waals surface area contributed by atoms with Gasteiger partial charge in [0.15, 0.2) is 0 Å². The molecule has 0 bridgehead atoms. The largest absolute Gasteiger partial charge is 0.481 e. The van der Waals surface area contributed by atoms with Gasteiger partial charge in [0.1, 0.15) is 0 Å². The second-order valence-electron chi connectivity index (χ2n) is 10.1. The normalized spacial score (nSPS) is 35.2. The van der Waals surface area contributed by atoms with Crippen molar-refractivity contribution in [2.45, 2.75) is 105 Å². The van der Waals surface area contributed by atoms with Gasteiger partial charge in [0.2, 0.25) is 0 Å². The fourth-order valence-corrected chi connectivity index (χ4v) is 6.27. The Labute approximate surface area is 178 Å². The first-order valence-corrected chi connectivity index (χ1v) is 12.2. The molecule has 0 amide bonds. The number of rotatable bonds is 10. The average molecular weight is 409 g/mol. The summed E-state index contributed by atoms with van der Waals surface area (Å²) < 4.78 is 5.77. The molecule has 2 aliphatic carbocycles. The van der Waals surface area contributed by atoms with Crippen molar-refractivity contribution in [1.82, 2.24) is 0 Å². The van der Waals surface area contributed by atoms with Crippen LogP contribution in [0.5, 0.6) is 0 Å². The molecule has 0 heterocycles. The van der Waals surface area contributed by atoms with Crippen LogP contribution in [-0.4, -0.2) is 23.7 Å². The van der Waals surface area contributed by atoms with E-state index in [1.54, 1.807) is 0 Å². The van der Waals surface area contributed by atoms with Crippen LogP contribution in [0, 0.1) is 35.0 Å². The van der Waals surface area contributed by atoms with Crippen molar-refractivity contribution in [3.8, 4) is 0 Å². The van der Waals surface area contributed by atoms with E-state index in [1.807, 2.05) is 0 Å². The molecule has 2 aliphatic rings. The van der Waals surface area contributed by atoms with Gasteiger partial charge in [-0.1, -0.05) is 66.2 Å². The standard InChI is InChI=1S/C25H44O4/c1-5-7-8-13-22-18(3)19(14-16-25(22,4)15-6-2)17-29-24(28)21-12-10-9-11-20(21)23(26)27/h18-22H,5-17H2,1-4H3,(H,26,27). The molecule has 29 heavy (non-hydrogen) atoms. The summed E-state index contributed by atoms with van der Waals surface area (Å²) in [5, 5.41) is 9.45. The highest BCUT2D eigenvalue weighted by Gasteiger charge is 2.44. The summed E-state index contributed by atoms with van der Waals surface area (Å²) in [6, 6.07) is 0. The Balaban J connectivity index is 1.97. The highest BCUT2D eigenvalue weighted by molar-refractivity contribution is 5.81. The monoisotopic (exact) mass is 408 g/mol. The summed E-state index contributed by atoms with van der Waals surface area (Å²) in [7, 11) is 0. The van der Waals surface area contributed by atoms with Crippen molar-refractivity contribution >= 4 is 11.9 Å². The van der Waals surface area contributed by atoms with Gasteiger partial charge < -0.3 is 9.84 Å². The maximum atomic E-state index is 12.7. The molecule has 0 radical (unpaired) electrons. The minimum Gasteiger partial charge on any atom is -0.481 e. The molecule has 4 nitrogen and oxygen atoms in total. The molecular weight excluding hydrogens is 364 g/mol. The van der Waals surface area contributed by atoms with Crippen LogP contribution in [-0.2, 0) is 14.3 Å². The number of esters is 1. The zero-order valence-electron chi connectivity index (χ0n) is 19.3. The lowest BCUT2D eigenvalue weighted by Crippen LogP contribution is -2.42. The number of carboxylic acids is 1. The average Bonchev–Trinajstić information content (AvgIpc) is 2.70. The molecule has 0 aromatic rings. The number of carboxylic acid groups (broad SMARTS) is 1. The summed E-state index contributed by atoms with van der Waals surface area (Å²) in [5.41, 5.74) is 0.403. The number of carbonyl (C=O) groups excluding carboxylic acids is 1. The van der Waals surface area contributed by atoms with E-state index >= 15 is 0 Å². The Morgan fingerprint density at radius 2 is 1.72 bits per heavy atom. The first-order valence-electron chi connectivity index (χ1n) is 12.2. The number of unbranched alkanes of at least 4 members (excludes halogenated alkanes) is 2. The van der Waals surface area contributed by atoms with E-state index in [4.69, 9.17) is 4.74 Å². The summed E-state index contributed by atoms with van der Waals surface area (Å²) in [6.45, 7) is 9.85. The molecule has 6 unspecified atom stereocenters. The SMILES string of the molecule is CCCCCC1C(C)C(COC(=O)C2CCCCC2C(=O)O)CCC1(C)CCC. The second-order valence-corrected chi connectivity index (χ2v) is 10.1. The topological polar surface area (TPSA) is 63.6 Å². The lowest BCUT2D eigenvalue weighted by molar-refractivity contribution is -0.162. The van der Waals surface area contributed by atoms with Gasteiger partial charge in [0, 0.05) is 0 Å². The van der Waals surface area contributed by atoms with E-state index in [0.717, 1.165) is 19.3 Å². The minimum absolute atomic E-state index is 0.270. The lowest BCUT2D eigenvalue weighted by Gasteiger charge is -2.49. The van der Waals surface area contributed by atoms with Crippen LogP contribution in [0.1, 0.15) is 105 Å². The molecule has 2 rings (SSSR count). The van der Waals surface area contributed by atoms with Gasteiger partial charge in [-0.05, 0) is 61.7 Å². The van der Waals surface area contributed by atoms with Gasteiger partial charge >= 0.3 is 11.9 Å². The number of carbonyl (C=O) groups is 2. The molecule has 2 fully saturated rings. The number of aliphatic carboxylic acids is 1. The third kappa shape index (κ3) is 6.21. The molecule has 6 atom stereocenters. The highest BCUT2D eigenvalue weighted by atomic mass is 16.5. The van der Waals surface area contributed by atoms with E-state index in [0.29, 0.717) is 42.6 Å². The molecular formula is C25H44O4. The molecule has 4 heteroatoms. The van der Waals surface area contributed by atoms with Crippen LogP contribution in [0.2, 0.25) is 0 Å². The molecule has 0 spiro atoms. The van der Waals surface area contributed by atoms with E-state index in [1.165, 1.54) is 44.9 Å². The Morgan fingerprint density at radius 3 is 2.34 bits per heavy atom. The second kappa shape index (κ2) is 11.4. The van der Waals surface area contributed by atoms with Gasteiger partial charge in [-0.3, -0.25) is 9.59 Å². The summed E-state index contributed by atoms with van der Waals surface area (Å²) in [5.74, 6) is -0.486. The van der Waals surface area contributed by atoms with Gasteiger partial charge in [-0.25, -0.2) is 0 Å². The smallest absolute Gasteiger partial charge is 0.309 e. The molecule has 0 aliphatic heterocycles. The van der Waals surface area contributed by atoms with Crippen LogP contribution >= 0.6 is 0 Å². The van der Waals surface area contributed by atoms with Crippen molar-refractivity contribution in [2.24, 2.45) is 35.0 Å². The van der Waals surface area contributed by atoms with Gasteiger partial charge in [0.05, 0.1) is 18.4 Å². The van der Waals surface area contributed by atoms with E-state index in [2.05, 4.69) is 27.7 Å². The van der Waals surface area contributed by atoms with E-state index in [9.17, 15) is 14.7 Å². The quantitative estimate of drug-likeness (QED) is 0.332. The number of hydrogen-bond acceptors (Lipinski definition) is 3. The van der Waals surface area contributed by atoms with Crippen molar-refractivity contribution in [1.29, 1.82) is 0 Å².